The molecule has 0 spiro atoms. The minimum Gasteiger partial charge on any atom is -0.354 e. The van der Waals surface area contributed by atoms with Crippen molar-refractivity contribution in [2.24, 2.45) is 0 Å². The lowest BCUT2D eigenvalue weighted by Gasteiger charge is -2.27. The lowest BCUT2D eigenvalue weighted by molar-refractivity contribution is 0.112. The predicted octanol–water partition coefficient (Wildman–Crippen LogP) is 13.4. The number of hydrogen-bond donors (Lipinski definition) is 2. The zero-order chi connectivity index (χ0) is 39.3. The van der Waals surface area contributed by atoms with E-state index in [1.807, 2.05) is 36.4 Å². The Kier molecular flexibility index (Phi) is 8.19. The monoisotopic (exact) mass is 757 g/mol. The first-order valence-electron chi connectivity index (χ1n) is 19.7. The summed E-state index contributed by atoms with van der Waals surface area (Å²) in [5.41, 5.74) is 18.7. The number of nitrogens with one attached hydrogen (secondary N) is 2. The smallest absolute Gasteiger partial charge is 0.150 e. The summed E-state index contributed by atoms with van der Waals surface area (Å²) in [6.45, 7) is 0. The van der Waals surface area contributed by atoms with Gasteiger partial charge in [-0.05, 0) is 88.5 Å². The largest absolute Gasteiger partial charge is 0.354 e. The molecule has 3 aliphatic rings. The van der Waals surface area contributed by atoms with Crippen LogP contribution in [0.4, 0.5) is 17.1 Å². The second-order valence-electron chi connectivity index (χ2n) is 14.7. The van der Waals surface area contributed by atoms with Crippen molar-refractivity contribution < 1.29 is 4.79 Å². The predicted molar refractivity (Wildman–Crippen MR) is 244 cm³/mol. The van der Waals surface area contributed by atoms with Crippen molar-refractivity contribution in [3.8, 4) is 33.4 Å². The highest BCUT2D eigenvalue weighted by atomic mass is 16.1. The van der Waals surface area contributed by atoms with Gasteiger partial charge in [0.05, 0.1) is 45.4 Å². The Morgan fingerprint density at radius 2 is 0.797 bits per heavy atom. The van der Waals surface area contributed by atoms with Gasteiger partial charge in [0.15, 0.2) is 0 Å². The van der Waals surface area contributed by atoms with Crippen LogP contribution < -0.4 is 4.90 Å². The average Bonchev–Trinajstić information content (AvgIpc) is 4.13. The molecular weight excluding hydrogens is 723 g/mol. The number of H-pyrrole nitrogens is 2. The van der Waals surface area contributed by atoms with Gasteiger partial charge in [0.2, 0.25) is 0 Å². The highest BCUT2D eigenvalue weighted by molar-refractivity contribution is 6.03. The van der Waals surface area contributed by atoms with Crippen LogP contribution >= 0.6 is 0 Å². The molecule has 0 atom stereocenters. The summed E-state index contributed by atoms with van der Waals surface area (Å²) >= 11 is 0. The summed E-state index contributed by atoms with van der Waals surface area (Å²) in [6, 6.07) is 54.2. The summed E-state index contributed by atoms with van der Waals surface area (Å²) in [4.78, 5) is 32.7. The van der Waals surface area contributed by atoms with E-state index < -0.39 is 0 Å². The van der Waals surface area contributed by atoms with Crippen molar-refractivity contribution in [1.29, 1.82) is 0 Å². The number of nitrogens with zero attached hydrogens (tertiary/aromatic N) is 3. The molecule has 278 valence electrons. The van der Waals surface area contributed by atoms with Gasteiger partial charge in [0.25, 0.3) is 0 Å². The maximum atomic E-state index is 11.7. The number of carbonyl (C=O) groups excluding carboxylic acids is 1. The average molecular weight is 758 g/mol. The maximum absolute atomic E-state index is 11.7. The fourth-order valence-electron chi connectivity index (χ4n) is 8.49. The Hall–Kier alpha value is -8.09. The van der Waals surface area contributed by atoms with Gasteiger partial charge in [-0.3, -0.25) is 4.79 Å². The molecule has 8 aromatic rings. The van der Waals surface area contributed by atoms with Gasteiger partial charge in [-0.2, -0.15) is 0 Å². The summed E-state index contributed by atoms with van der Waals surface area (Å²) in [7, 11) is 0. The first-order valence-corrected chi connectivity index (χ1v) is 19.7. The van der Waals surface area contributed by atoms with Crippen molar-refractivity contribution in [3.05, 3.63) is 197 Å². The molecule has 0 aliphatic carbocycles. The molecule has 6 nitrogen and oxygen atoms in total. The van der Waals surface area contributed by atoms with Gasteiger partial charge in [-0.25, -0.2) is 9.97 Å². The molecule has 0 saturated carbocycles. The molecule has 0 fully saturated rings. The van der Waals surface area contributed by atoms with Gasteiger partial charge < -0.3 is 14.9 Å². The number of para-hydroxylation sites is 2. The SMILES string of the molecule is O=Cc1ccc(-c2c3nc(c(-c4ccccc4)c4ccc([nH]4)c(N4c5ccccc5C=Cc5ccccc54)c4nc(c(-c5ccccc5)c5ccc2[nH]5)C=C4)C=C3)cc1. The van der Waals surface area contributed by atoms with Crippen LogP contribution in [-0.2, 0) is 0 Å². The summed E-state index contributed by atoms with van der Waals surface area (Å²) in [6.07, 6.45) is 13.7. The molecule has 11 rings (SSSR count). The van der Waals surface area contributed by atoms with E-state index in [0.717, 1.165) is 113 Å². The lowest BCUT2D eigenvalue weighted by Crippen LogP contribution is -2.13. The number of rotatable bonds is 5. The molecule has 2 N–H and O–H groups in total. The Balaban J connectivity index is 1.32. The number of hydrogen-bond acceptors (Lipinski definition) is 4. The second kappa shape index (κ2) is 14.1. The first kappa shape index (κ1) is 34.2. The van der Waals surface area contributed by atoms with Crippen molar-refractivity contribution in [2.45, 2.75) is 0 Å². The minimum absolute atomic E-state index is 0.616. The number of aromatic nitrogens is 4. The normalized spacial score (nSPS) is 12.6. The summed E-state index contributed by atoms with van der Waals surface area (Å²) < 4.78 is 0. The minimum atomic E-state index is 0.616. The van der Waals surface area contributed by atoms with Gasteiger partial charge in [0.1, 0.15) is 6.29 Å². The van der Waals surface area contributed by atoms with E-state index in [1.54, 1.807) is 0 Å². The molecule has 0 unspecified atom stereocenters. The molecule has 5 aromatic carbocycles. The topological polar surface area (TPSA) is 77.7 Å². The van der Waals surface area contributed by atoms with E-state index in [4.69, 9.17) is 9.97 Å². The van der Waals surface area contributed by atoms with Crippen LogP contribution in [0, 0.1) is 0 Å². The summed E-state index contributed by atoms with van der Waals surface area (Å²) in [5, 5.41) is 0. The van der Waals surface area contributed by atoms with Crippen molar-refractivity contribution in [2.75, 3.05) is 4.90 Å². The van der Waals surface area contributed by atoms with Crippen molar-refractivity contribution in [3.63, 3.8) is 0 Å². The Morgan fingerprint density at radius 1 is 0.390 bits per heavy atom. The molecule has 59 heavy (non-hydrogen) atoms. The highest BCUT2D eigenvalue weighted by Crippen LogP contribution is 2.46. The molecule has 8 bridgehead atoms. The van der Waals surface area contributed by atoms with Crippen LogP contribution in [0.3, 0.4) is 0 Å². The number of aromatic amines is 2. The molecule has 0 saturated heterocycles. The first-order chi connectivity index (χ1) is 29.2. The van der Waals surface area contributed by atoms with Gasteiger partial charge in [0, 0.05) is 38.8 Å². The third-order valence-electron chi connectivity index (χ3n) is 11.2. The van der Waals surface area contributed by atoms with Crippen molar-refractivity contribution in [1.82, 2.24) is 19.9 Å². The highest BCUT2D eigenvalue weighted by Gasteiger charge is 2.25. The molecule has 0 radical (unpaired) electrons. The van der Waals surface area contributed by atoms with E-state index in [0.29, 0.717) is 5.56 Å². The van der Waals surface area contributed by atoms with Crippen LogP contribution in [0.25, 0.3) is 91.9 Å². The fraction of sp³-hybridized carbons (Fsp3) is 0. The molecule has 6 heterocycles. The van der Waals surface area contributed by atoms with E-state index in [2.05, 4.69) is 173 Å². The van der Waals surface area contributed by atoms with Crippen LogP contribution in [0.5, 0.6) is 0 Å². The molecule has 3 aliphatic heterocycles. The van der Waals surface area contributed by atoms with E-state index in [-0.39, 0.29) is 0 Å². The standard InChI is InChI=1S/C53H35N5O/c59-33-34-19-21-39(22-20-34)52-42-27-25-40(54-42)50(37-13-3-1-4-14-37)44-29-31-46(56-44)53(58-48-17-9-7-11-35(48)23-24-36-12-8-10-18-49(36)58)47-32-30-45(57-47)51(38-15-5-2-6-16-38)41-26-28-43(52)55-41/h1-33,54,57H. The van der Waals surface area contributed by atoms with Gasteiger partial charge in [-0.1, -0.05) is 133 Å². The molecule has 0 amide bonds. The number of fused-ring (bicyclic) bond motifs is 10. The van der Waals surface area contributed by atoms with Crippen LogP contribution in [0.1, 0.15) is 44.3 Å². The Labute approximate surface area is 340 Å². The van der Waals surface area contributed by atoms with Gasteiger partial charge in [-0.15, -0.1) is 0 Å². The fourth-order valence-corrected chi connectivity index (χ4v) is 8.49. The Morgan fingerprint density at radius 3 is 1.31 bits per heavy atom. The Bertz CT molecular complexity index is 3140. The third-order valence-corrected chi connectivity index (χ3v) is 11.2. The van der Waals surface area contributed by atoms with E-state index in [9.17, 15) is 4.79 Å². The van der Waals surface area contributed by atoms with Crippen LogP contribution in [-0.4, -0.2) is 26.2 Å². The summed E-state index contributed by atoms with van der Waals surface area (Å²) in [5.74, 6) is 0. The third kappa shape index (κ3) is 5.94. The molecule has 6 heteroatoms. The van der Waals surface area contributed by atoms with Crippen LogP contribution in [0.2, 0.25) is 0 Å². The quantitative estimate of drug-likeness (QED) is 0.171. The lowest BCUT2D eigenvalue weighted by atomic mass is 10.0. The number of carbonyl (C=O) groups is 1. The second-order valence-corrected chi connectivity index (χ2v) is 14.7. The molecular formula is C53H35N5O. The van der Waals surface area contributed by atoms with Gasteiger partial charge >= 0.3 is 0 Å². The number of anilines is 3. The van der Waals surface area contributed by atoms with E-state index >= 15 is 0 Å². The zero-order valence-electron chi connectivity index (χ0n) is 31.8. The maximum Gasteiger partial charge on any atom is 0.150 e. The number of benzene rings is 5. The molecule has 3 aromatic heterocycles. The van der Waals surface area contributed by atoms with E-state index in [1.165, 1.54) is 0 Å². The van der Waals surface area contributed by atoms with Crippen LogP contribution in [0.15, 0.2) is 158 Å². The number of aldehydes is 1. The van der Waals surface area contributed by atoms with Crippen molar-refractivity contribution >= 4 is 81.9 Å². The zero-order valence-corrected chi connectivity index (χ0v) is 31.8.